The van der Waals surface area contributed by atoms with Gasteiger partial charge in [-0.3, -0.25) is 4.79 Å². The van der Waals surface area contributed by atoms with Crippen LogP contribution >= 0.6 is 0 Å². The third-order valence-electron chi connectivity index (χ3n) is 2.94. The summed E-state index contributed by atoms with van der Waals surface area (Å²) in [6.45, 7) is 0. The molecule has 2 aromatic heterocycles. The van der Waals surface area contributed by atoms with Crippen LogP contribution in [0.15, 0.2) is 35.3 Å². The Bertz CT molecular complexity index is 879. The van der Waals surface area contributed by atoms with E-state index in [2.05, 4.69) is 15.0 Å². The zero-order valence-electron chi connectivity index (χ0n) is 10.3. The largest absolute Gasteiger partial charge is 0.416 e. The number of fused-ring (bicyclic) bond motifs is 1. The smallest absolute Gasteiger partial charge is 0.338 e. The van der Waals surface area contributed by atoms with Crippen LogP contribution in [0.3, 0.4) is 0 Å². The first-order chi connectivity index (χ1) is 9.84. The maximum Gasteiger partial charge on any atom is 0.416 e. The number of aromatic nitrogens is 3. The topological polar surface area (TPSA) is 61.5 Å². The van der Waals surface area contributed by atoms with Crippen LogP contribution in [0.2, 0.25) is 0 Å². The maximum absolute atomic E-state index is 13.2. The van der Waals surface area contributed by atoms with E-state index in [-0.39, 0.29) is 16.9 Å². The molecule has 4 nitrogen and oxygen atoms in total. The molecule has 0 aliphatic rings. The summed E-state index contributed by atoms with van der Waals surface area (Å²) in [5.74, 6) is -0.830. The quantitative estimate of drug-likeness (QED) is 0.678. The van der Waals surface area contributed by atoms with Crippen LogP contribution in [-0.4, -0.2) is 15.0 Å². The van der Waals surface area contributed by atoms with Crippen molar-refractivity contribution in [2.45, 2.75) is 6.18 Å². The molecule has 0 bridgehead atoms. The lowest BCUT2D eigenvalue weighted by Gasteiger charge is -2.05. The van der Waals surface area contributed by atoms with E-state index in [9.17, 15) is 22.4 Å². The highest BCUT2D eigenvalue weighted by molar-refractivity contribution is 5.80. The fourth-order valence-corrected chi connectivity index (χ4v) is 1.92. The summed E-state index contributed by atoms with van der Waals surface area (Å²) in [6.07, 6.45) is -3.22. The molecule has 0 amide bonds. The number of benzene rings is 1. The Kier molecular flexibility index (Phi) is 2.82. The zero-order valence-corrected chi connectivity index (χ0v) is 10.3. The zero-order chi connectivity index (χ0) is 15.2. The van der Waals surface area contributed by atoms with Gasteiger partial charge in [0.1, 0.15) is 5.82 Å². The van der Waals surface area contributed by atoms with E-state index >= 15 is 0 Å². The molecular formula is C13H7F4N3O. The average molecular weight is 297 g/mol. The second-order valence-corrected chi connectivity index (χ2v) is 4.38. The summed E-state index contributed by atoms with van der Waals surface area (Å²) in [4.78, 5) is 19.9. The first-order valence-corrected chi connectivity index (χ1v) is 5.80. The summed E-state index contributed by atoms with van der Waals surface area (Å²) >= 11 is 0. The lowest BCUT2D eigenvalue weighted by atomic mass is 10.2. The molecule has 0 aliphatic carbocycles. The first-order valence-electron chi connectivity index (χ1n) is 5.80. The highest BCUT2D eigenvalue weighted by atomic mass is 19.4. The van der Waals surface area contributed by atoms with Gasteiger partial charge in [0, 0.05) is 11.8 Å². The Morgan fingerprint density at radius 2 is 1.90 bits per heavy atom. The van der Waals surface area contributed by atoms with Crippen LogP contribution in [0.1, 0.15) is 5.56 Å². The Labute approximate surface area is 114 Å². The number of aromatic amines is 2. The minimum Gasteiger partial charge on any atom is -0.338 e. The summed E-state index contributed by atoms with van der Waals surface area (Å²) < 4.78 is 51.1. The molecule has 0 fully saturated rings. The summed E-state index contributed by atoms with van der Waals surface area (Å²) in [7, 11) is 0. The van der Waals surface area contributed by atoms with E-state index in [1.807, 2.05) is 0 Å². The number of pyridine rings is 1. The van der Waals surface area contributed by atoms with Crippen LogP contribution in [-0.2, 0) is 6.18 Å². The Morgan fingerprint density at radius 1 is 1.14 bits per heavy atom. The van der Waals surface area contributed by atoms with Crippen molar-refractivity contribution in [1.29, 1.82) is 0 Å². The first kappa shape index (κ1) is 13.3. The number of rotatable bonds is 1. The normalized spacial score (nSPS) is 12.0. The van der Waals surface area contributed by atoms with Crippen LogP contribution in [0.5, 0.6) is 0 Å². The molecule has 0 saturated heterocycles. The molecule has 3 rings (SSSR count). The molecule has 0 atom stereocenters. The van der Waals surface area contributed by atoms with Gasteiger partial charge in [-0.25, -0.2) is 9.37 Å². The molecule has 108 valence electrons. The van der Waals surface area contributed by atoms with Crippen molar-refractivity contribution >= 4 is 11.0 Å². The van der Waals surface area contributed by atoms with E-state index in [0.717, 1.165) is 18.2 Å². The monoisotopic (exact) mass is 297 g/mol. The number of imidazole rings is 1. The van der Waals surface area contributed by atoms with Gasteiger partial charge in [-0.15, -0.1) is 0 Å². The Hall–Kier alpha value is -2.64. The van der Waals surface area contributed by atoms with Gasteiger partial charge in [-0.2, -0.15) is 13.2 Å². The van der Waals surface area contributed by atoms with E-state index in [4.69, 9.17) is 0 Å². The second kappa shape index (κ2) is 4.44. The standard InChI is InChI=1S/C13H7F4N3O/c14-8-3-6(5-18-12(8)21)11-19-9-2-1-7(13(15,16)17)4-10(9)20-11/h1-5H,(H,18,21)(H,19,20). The average Bonchev–Trinajstić information content (AvgIpc) is 2.83. The fraction of sp³-hybridized carbons (Fsp3) is 0.0769. The molecule has 8 heteroatoms. The summed E-state index contributed by atoms with van der Waals surface area (Å²) in [5, 5.41) is 0. The van der Waals surface area contributed by atoms with Crippen molar-refractivity contribution in [2.75, 3.05) is 0 Å². The lowest BCUT2D eigenvalue weighted by molar-refractivity contribution is -0.137. The minimum absolute atomic E-state index is 0.166. The van der Waals surface area contributed by atoms with E-state index in [1.54, 1.807) is 0 Å². The molecule has 2 heterocycles. The van der Waals surface area contributed by atoms with Crippen molar-refractivity contribution in [3.63, 3.8) is 0 Å². The number of alkyl halides is 3. The Balaban J connectivity index is 2.12. The van der Waals surface area contributed by atoms with Crippen LogP contribution in [0.25, 0.3) is 22.4 Å². The molecule has 1 aromatic carbocycles. The lowest BCUT2D eigenvalue weighted by Crippen LogP contribution is -2.09. The highest BCUT2D eigenvalue weighted by Gasteiger charge is 2.30. The predicted molar refractivity (Wildman–Crippen MR) is 67.1 cm³/mol. The molecule has 3 aromatic rings. The van der Waals surface area contributed by atoms with Crippen LogP contribution in [0.4, 0.5) is 17.6 Å². The van der Waals surface area contributed by atoms with Crippen molar-refractivity contribution in [3.05, 3.63) is 52.2 Å². The third kappa shape index (κ3) is 2.39. The molecule has 0 radical (unpaired) electrons. The van der Waals surface area contributed by atoms with Gasteiger partial charge in [0.2, 0.25) is 0 Å². The van der Waals surface area contributed by atoms with Gasteiger partial charge in [-0.05, 0) is 24.3 Å². The number of hydrogen-bond donors (Lipinski definition) is 2. The molecule has 0 saturated carbocycles. The number of H-pyrrole nitrogens is 2. The van der Waals surface area contributed by atoms with E-state index in [0.29, 0.717) is 5.52 Å². The molecule has 0 aliphatic heterocycles. The van der Waals surface area contributed by atoms with Crippen molar-refractivity contribution in [2.24, 2.45) is 0 Å². The van der Waals surface area contributed by atoms with Gasteiger partial charge < -0.3 is 9.97 Å². The fourth-order valence-electron chi connectivity index (χ4n) is 1.92. The second-order valence-electron chi connectivity index (χ2n) is 4.38. The molecule has 2 N–H and O–H groups in total. The van der Waals surface area contributed by atoms with Gasteiger partial charge in [0.15, 0.2) is 5.82 Å². The van der Waals surface area contributed by atoms with E-state index < -0.39 is 23.1 Å². The third-order valence-corrected chi connectivity index (χ3v) is 2.94. The molecule has 0 spiro atoms. The minimum atomic E-state index is -4.45. The van der Waals surface area contributed by atoms with Crippen LogP contribution < -0.4 is 5.56 Å². The van der Waals surface area contributed by atoms with Gasteiger partial charge in [-0.1, -0.05) is 0 Å². The summed E-state index contributed by atoms with van der Waals surface area (Å²) in [6, 6.07) is 4.02. The van der Waals surface area contributed by atoms with Gasteiger partial charge in [0.05, 0.1) is 16.6 Å². The van der Waals surface area contributed by atoms with Crippen molar-refractivity contribution in [3.8, 4) is 11.4 Å². The summed E-state index contributed by atoms with van der Waals surface area (Å²) in [5.41, 5.74) is -0.972. The molecule has 21 heavy (non-hydrogen) atoms. The number of halogens is 4. The van der Waals surface area contributed by atoms with Crippen LogP contribution in [0, 0.1) is 5.82 Å². The van der Waals surface area contributed by atoms with Gasteiger partial charge >= 0.3 is 6.18 Å². The predicted octanol–water partition coefficient (Wildman–Crippen LogP) is 3.08. The SMILES string of the molecule is O=c1[nH]cc(-c2nc3ccc(C(F)(F)F)cc3[nH]2)cc1F. The number of nitrogens with zero attached hydrogens (tertiary/aromatic N) is 1. The number of hydrogen-bond acceptors (Lipinski definition) is 2. The van der Waals surface area contributed by atoms with Gasteiger partial charge in [0.25, 0.3) is 5.56 Å². The van der Waals surface area contributed by atoms with Crippen molar-refractivity contribution in [1.82, 2.24) is 15.0 Å². The Morgan fingerprint density at radius 3 is 2.57 bits per heavy atom. The molecular weight excluding hydrogens is 290 g/mol. The highest BCUT2D eigenvalue weighted by Crippen LogP contribution is 2.31. The number of nitrogens with one attached hydrogen (secondary N) is 2. The maximum atomic E-state index is 13.2. The van der Waals surface area contributed by atoms with E-state index in [1.165, 1.54) is 12.3 Å². The van der Waals surface area contributed by atoms with Crippen molar-refractivity contribution < 1.29 is 17.6 Å². The molecule has 0 unspecified atom stereocenters.